The minimum Gasteiger partial charge on any atom is -0.490 e. The second kappa shape index (κ2) is 6.57. The lowest BCUT2D eigenvalue weighted by Crippen LogP contribution is -2.15. The lowest BCUT2D eigenvalue weighted by Gasteiger charge is -2.06. The second-order valence-corrected chi connectivity index (χ2v) is 4.20. The van der Waals surface area contributed by atoms with Gasteiger partial charge in [-0.2, -0.15) is 0 Å². The lowest BCUT2D eigenvalue weighted by molar-refractivity contribution is 0.0600. The Morgan fingerprint density at radius 2 is 1.82 bits per heavy atom. The number of carbonyl (C=O) groups excluding carboxylic acids is 2. The summed E-state index contributed by atoms with van der Waals surface area (Å²) >= 11 is 0. The zero-order chi connectivity index (χ0) is 16.1. The zero-order valence-corrected chi connectivity index (χ0v) is 11.9. The van der Waals surface area contributed by atoms with E-state index in [0.29, 0.717) is 11.3 Å². The molecule has 2 rings (SSSR count). The molecule has 1 aromatic carbocycles. The third kappa shape index (κ3) is 3.32. The number of hydrogen-bond acceptors (Lipinski definition) is 6. The van der Waals surface area contributed by atoms with E-state index in [2.05, 4.69) is 10.1 Å². The summed E-state index contributed by atoms with van der Waals surface area (Å²) in [5.41, 5.74) is 0.340. The fourth-order valence-electron chi connectivity index (χ4n) is 1.67. The van der Waals surface area contributed by atoms with E-state index in [1.807, 2.05) is 0 Å². The number of benzene rings is 1. The average molecular weight is 303 g/mol. The van der Waals surface area contributed by atoms with Crippen molar-refractivity contribution in [3.8, 4) is 5.75 Å². The summed E-state index contributed by atoms with van der Waals surface area (Å²) in [6.07, 6.45) is 1.07. The van der Waals surface area contributed by atoms with Crippen LogP contribution in [0.2, 0.25) is 0 Å². The van der Waals surface area contributed by atoms with Crippen LogP contribution in [0.25, 0.3) is 0 Å². The molecule has 0 unspecified atom stereocenters. The molecule has 1 N–H and O–H groups in total. The largest absolute Gasteiger partial charge is 0.490 e. The number of methoxy groups -OCH3 is 2. The maximum atomic E-state index is 12.0. The molecular formula is C15H13NO6. The van der Waals surface area contributed by atoms with Gasteiger partial charge in [-0.3, -0.25) is 9.59 Å². The zero-order valence-electron chi connectivity index (χ0n) is 11.9. The molecule has 7 nitrogen and oxygen atoms in total. The number of nitrogens with one attached hydrogen (secondary N) is 1. The molecule has 0 saturated carbocycles. The van der Waals surface area contributed by atoms with Crippen molar-refractivity contribution in [1.82, 2.24) is 0 Å². The third-order valence-corrected chi connectivity index (χ3v) is 2.81. The fraction of sp³-hybridized carbons (Fsp3) is 0.133. The van der Waals surface area contributed by atoms with Gasteiger partial charge in [0.15, 0.2) is 5.76 Å². The summed E-state index contributed by atoms with van der Waals surface area (Å²) in [5.74, 6) is -1.20. The van der Waals surface area contributed by atoms with E-state index in [0.717, 1.165) is 12.3 Å². The second-order valence-electron chi connectivity index (χ2n) is 4.20. The van der Waals surface area contributed by atoms with Crippen LogP contribution in [0.3, 0.4) is 0 Å². The van der Waals surface area contributed by atoms with Crippen LogP contribution in [-0.2, 0) is 4.74 Å². The topological polar surface area (TPSA) is 94.8 Å². The van der Waals surface area contributed by atoms with E-state index >= 15 is 0 Å². The van der Waals surface area contributed by atoms with Gasteiger partial charge < -0.3 is 19.2 Å². The number of hydrogen-bond donors (Lipinski definition) is 1. The summed E-state index contributed by atoms with van der Waals surface area (Å²) in [6.45, 7) is 0. The highest BCUT2D eigenvalue weighted by molar-refractivity contribution is 6.02. The Kier molecular flexibility index (Phi) is 4.57. The smallest absolute Gasteiger partial charge is 0.337 e. The molecule has 0 fully saturated rings. The third-order valence-electron chi connectivity index (χ3n) is 2.81. The summed E-state index contributed by atoms with van der Waals surface area (Å²) < 4.78 is 14.4. The highest BCUT2D eigenvalue weighted by Crippen LogP contribution is 2.12. The standard InChI is InChI=1S/C15H13NO6/c1-20-13-8-22-12(7-11(13)17)14(18)16-10-5-3-9(4-6-10)15(19)21-2/h3-8H,1-2H3,(H,16,18). The van der Waals surface area contributed by atoms with Gasteiger partial charge in [0.05, 0.1) is 19.8 Å². The number of ether oxygens (including phenoxy) is 2. The van der Waals surface area contributed by atoms with Gasteiger partial charge in [-0.05, 0) is 24.3 Å². The SMILES string of the molecule is COC(=O)c1ccc(NC(=O)c2cc(=O)c(OC)co2)cc1. The van der Waals surface area contributed by atoms with Gasteiger partial charge in [0.1, 0.15) is 6.26 Å². The Labute approximate surface area is 125 Å². The molecule has 0 aliphatic carbocycles. The van der Waals surface area contributed by atoms with Crippen LogP contribution in [0.4, 0.5) is 5.69 Å². The molecule has 114 valence electrons. The number of amides is 1. The molecule has 0 aliphatic rings. The van der Waals surface area contributed by atoms with Crippen molar-refractivity contribution in [3.63, 3.8) is 0 Å². The Morgan fingerprint density at radius 1 is 1.14 bits per heavy atom. The normalized spacial score (nSPS) is 9.91. The molecule has 1 amide bonds. The van der Waals surface area contributed by atoms with Crippen molar-refractivity contribution in [3.05, 3.63) is 58.1 Å². The summed E-state index contributed by atoms with van der Waals surface area (Å²) in [7, 11) is 2.61. The number of anilines is 1. The molecule has 2 aromatic rings. The Bertz CT molecular complexity index is 747. The van der Waals surface area contributed by atoms with E-state index in [1.165, 1.54) is 38.5 Å². The first-order valence-electron chi connectivity index (χ1n) is 6.21. The molecule has 0 radical (unpaired) electrons. The monoisotopic (exact) mass is 303 g/mol. The van der Waals surface area contributed by atoms with Gasteiger partial charge in [0.2, 0.25) is 11.2 Å². The predicted octanol–water partition coefficient (Wildman–Crippen LogP) is 1.69. The summed E-state index contributed by atoms with van der Waals surface area (Å²) in [6, 6.07) is 7.12. The Morgan fingerprint density at radius 3 is 2.36 bits per heavy atom. The first-order chi connectivity index (χ1) is 10.5. The van der Waals surface area contributed by atoms with Crippen molar-refractivity contribution in [2.24, 2.45) is 0 Å². The number of carbonyl (C=O) groups is 2. The van der Waals surface area contributed by atoms with Gasteiger partial charge >= 0.3 is 5.97 Å². The van der Waals surface area contributed by atoms with Crippen LogP contribution in [0.1, 0.15) is 20.9 Å². The van der Waals surface area contributed by atoms with Crippen LogP contribution < -0.4 is 15.5 Å². The van der Waals surface area contributed by atoms with Gasteiger partial charge in [-0.25, -0.2) is 4.79 Å². The molecule has 7 heteroatoms. The maximum Gasteiger partial charge on any atom is 0.337 e. The minimum absolute atomic E-state index is 0.0129. The van der Waals surface area contributed by atoms with Gasteiger partial charge in [0.25, 0.3) is 5.91 Å². The fourth-order valence-corrected chi connectivity index (χ4v) is 1.67. The number of rotatable bonds is 4. The lowest BCUT2D eigenvalue weighted by atomic mass is 10.2. The number of esters is 1. The maximum absolute atomic E-state index is 12.0. The van der Waals surface area contributed by atoms with Crippen LogP contribution in [-0.4, -0.2) is 26.1 Å². The van der Waals surface area contributed by atoms with E-state index < -0.39 is 17.3 Å². The average Bonchev–Trinajstić information content (AvgIpc) is 2.54. The predicted molar refractivity (Wildman–Crippen MR) is 77.3 cm³/mol. The summed E-state index contributed by atoms with van der Waals surface area (Å²) in [5, 5.41) is 2.54. The first kappa shape index (κ1) is 15.3. The molecule has 0 atom stereocenters. The molecule has 0 aliphatic heterocycles. The van der Waals surface area contributed by atoms with Crippen molar-refractivity contribution in [1.29, 1.82) is 0 Å². The van der Waals surface area contributed by atoms with Crippen LogP contribution in [0.15, 0.2) is 45.8 Å². The van der Waals surface area contributed by atoms with Crippen LogP contribution in [0, 0.1) is 0 Å². The Balaban J connectivity index is 2.13. The highest BCUT2D eigenvalue weighted by atomic mass is 16.5. The minimum atomic E-state index is -0.592. The van der Waals surface area contributed by atoms with E-state index in [1.54, 1.807) is 0 Å². The summed E-state index contributed by atoms with van der Waals surface area (Å²) in [4.78, 5) is 34.8. The van der Waals surface area contributed by atoms with Crippen molar-refractivity contribution >= 4 is 17.6 Å². The van der Waals surface area contributed by atoms with Gasteiger partial charge in [0, 0.05) is 11.8 Å². The first-order valence-corrected chi connectivity index (χ1v) is 6.21. The molecule has 0 spiro atoms. The Hall–Kier alpha value is -3.09. The van der Waals surface area contributed by atoms with E-state index in [9.17, 15) is 14.4 Å². The van der Waals surface area contributed by atoms with Gasteiger partial charge in [-0.15, -0.1) is 0 Å². The molecule has 0 bridgehead atoms. The molecule has 1 aromatic heterocycles. The van der Waals surface area contributed by atoms with Crippen LogP contribution >= 0.6 is 0 Å². The molecule has 22 heavy (non-hydrogen) atoms. The van der Waals surface area contributed by atoms with E-state index in [4.69, 9.17) is 9.15 Å². The molecule has 0 saturated heterocycles. The van der Waals surface area contributed by atoms with Crippen molar-refractivity contribution in [2.45, 2.75) is 0 Å². The molecular weight excluding hydrogens is 290 g/mol. The quantitative estimate of drug-likeness (QED) is 0.864. The molecule has 1 heterocycles. The van der Waals surface area contributed by atoms with Crippen molar-refractivity contribution in [2.75, 3.05) is 19.5 Å². The van der Waals surface area contributed by atoms with Crippen LogP contribution in [0.5, 0.6) is 5.75 Å². The van der Waals surface area contributed by atoms with E-state index in [-0.39, 0.29) is 11.5 Å². The highest BCUT2D eigenvalue weighted by Gasteiger charge is 2.12. The van der Waals surface area contributed by atoms with Gasteiger partial charge in [-0.1, -0.05) is 0 Å². The van der Waals surface area contributed by atoms with Crippen molar-refractivity contribution < 1.29 is 23.5 Å².